The SMILES string of the molecule is Cn1cc(NC2CSCCC2(C)C)ccc1=O. The van der Waals surface area contributed by atoms with Crippen LogP contribution in [0.5, 0.6) is 0 Å². The van der Waals surface area contributed by atoms with Crippen LogP contribution in [-0.2, 0) is 7.05 Å². The number of anilines is 1. The van der Waals surface area contributed by atoms with Crippen molar-refractivity contribution in [3.05, 3.63) is 28.7 Å². The maximum absolute atomic E-state index is 11.3. The number of aryl methyl sites for hydroxylation is 1. The minimum absolute atomic E-state index is 0.0350. The minimum Gasteiger partial charge on any atom is -0.380 e. The lowest BCUT2D eigenvalue weighted by Crippen LogP contribution is -2.41. The van der Waals surface area contributed by atoms with Gasteiger partial charge in [0.25, 0.3) is 0 Å². The third kappa shape index (κ3) is 2.86. The fourth-order valence-electron chi connectivity index (χ4n) is 2.05. The van der Waals surface area contributed by atoms with Gasteiger partial charge in [-0.15, -0.1) is 0 Å². The Morgan fingerprint density at radius 3 is 2.88 bits per heavy atom. The summed E-state index contributed by atoms with van der Waals surface area (Å²) in [6.07, 6.45) is 3.11. The first-order chi connectivity index (χ1) is 7.99. The van der Waals surface area contributed by atoms with E-state index in [9.17, 15) is 4.79 Å². The molecular formula is C13H20N2OS. The Hall–Kier alpha value is -0.900. The number of aromatic nitrogens is 1. The predicted molar refractivity (Wildman–Crippen MR) is 74.8 cm³/mol. The summed E-state index contributed by atoms with van der Waals surface area (Å²) in [6, 6.07) is 3.96. The summed E-state index contributed by atoms with van der Waals surface area (Å²) in [7, 11) is 1.79. The average molecular weight is 252 g/mol. The second-order valence-electron chi connectivity index (χ2n) is 5.38. The highest BCUT2D eigenvalue weighted by molar-refractivity contribution is 7.99. The molecule has 0 aliphatic carbocycles. The summed E-state index contributed by atoms with van der Waals surface area (Å²) >= 11 is 2.00. The molecular weight excluding hydrogens is 232 g/mol. The van der Waals surface area contributed by atoms with E-state index in [4.69, 9.17) is 0 Å². The van der Waals surface area contributed by atoms with E-state index in [2.05, 4.69) is 19.2 Å². The van der Waals surface area contributed by atoms with Crippen molar-refractivity contribution < 1.29 is 0 Å². The monoisotopic (exact) mass is 252 g/mol. The molecule has 2 rings (SSSR count). The Morgan fingerprint density at radius 2 is 2.24 bits per heavy atom. The number of hydrogen-bond acceptors (Lipinski definition) is 3. The topological polar surface area (TPSA) is 34.0 Å². The molecule has 1 aliphatic rings. The lowest BCUT2D eigenvalue weighted by molar-refractivity contribution is 0.305. The van der Waals surface area contributed by atoms with Gasteiger partial charge in [0.1, 0.15) is 0 Å². The molecule has 0 radical (unpaired) electrons. The first kappa shape index (κ1) is 12.6. The Bertz CT molecular complexity index is 453. The van der Waals surface area contributed by atoms with Gasteiger partial charge in [-0.1, -0.05) is 13.8 Å². The summed E-state index contributed by atoms with van der Waals surface area (Å²) in [4.78, 5) is 11.3. The summed E-state index contributed by atoms with van der Waals surface area (Å²) in [5, 5.41) is 3.56. The van der Waals surface area contributed by atoms with Crippen LogP contribution in [-0.4, -0.2) is 22.1 Å². The van der Waals surface area contributed by atoms with Crippen LogP contribution in [0.4, 0.5) is 5.69 Å². The van der Waals surface area contributed by atoms with Crippen molar-refractivity contribution in [3.8, 4) is 0 Å². The second-order valence-corrected chi connectivity index (χ2v) is 6.53. The Labute approximate surface area is 107 Å². The molecule has 1 fully saturated rings. The Morgan fingerprint density at radius 1 is 1.47 bits per heavy atom. The van der Waals surface area contributed by atoms with Crippen molar-refractivity contribution in [3.63, 3.8) is 0 Å². The third-order valence-electron chi connectivity index (χ3n) is 3.55. The maximum Gasteiger partial charge on any atom is 0.250 e. The van der Waals surface area contributed by atoms with E-state index in [0.717, 1.165) is 11.4 Å². The predicted octanol–water partition coefficient (Wildman–Crippen LogP) is 2.33. The van der Waals surface area contributed by atoms with Gasteiger partial charge < -0.3 is 9.88 Å². The molecule has 1 aliphatic heterocycles. The molecule has 0 saturated carbocycles. The van der Waals surface area contributed by atoms with Crippen LogP contribution >= 0.6 is 11.8 Å². The van der Waals surface area contributed by atoms with E-state index in [-0.39, 0.29) is 5.56 Å². The standard InChI is InChI=1S/C13H20N2OS/c1-13(2)6-7-17-9-11(13)14-10-4-5-12(16)15(3)8-10/h4-5,8,11,14H,6-7,9H2,1-3H3. The molecule has 1 atom stereocenters. The van der Waals surface area contributed by atoms with Crippen LogP contribution in [0, 0.1) is 5.41 Å². The molecule has 1 aromatic heterocycles. The Balaban J connectivity index is 2.14. The van der Waals surface area contributed by atoms with Gasteiger partial charge in [-0.2, -0.15) is 11.8 Å². The number of nitrogens with zero attached hydrogens (tertiary/aromatic N) is 1. The molecule has 0 aromatic carbocycles. The number of nitrogens with one attached hydrogen (secondary N) is 1. The number of pyridine rings is 1. The van der Waals surface area contributed by atoms with Gasteiger partial charge in [-0.3, -0.25) is 4.79 Å². The zero-order valence-electron chi connectivity index (χ0n) is 10.7. The van der Waals surface area contributed by atoms with Gasteiger partial charge in [0, 0.05) is 31.1 Å². The van der Waals surface area contributed by atoms with E-state index in [0.29, 0.717) is 11.5 Å². The molecule has 4 heteroatoms. The molecule has 0 bridgehead atoms. The lowest BCUT2D eigenvalue weighted by Gasteiger charge is -2.39. The van der Waals surface area contributed by atoms with E-state index >= 15 is 0 Å². The molecule has 0 amide bonds. The van der Waals surface area contributed by atoms with Crippen molar-refractivity contribution in [2.45, 2.75) is 26.3 Å². The quantitative estimate of drug-likeness (QED) is 0.877. The molecule has 0 spiro atoms. The highest BCUT2D eigenvalue weighted by Gasteiger charge is 2.32. The van der Waals surface area contributed by atoms with Crippen LogP contribution in [0.3, 0.4) is 0 Å². The minimum atomic E-state index is 0.0350. The van der Waals surface area contributed by atoms with E-state index in [1.165, 1.54) is 12.2 Å². The van der Waals surface area contributed by atoms with Gasteiger partial charge in [0.15, 0.2) is 0 Å². The highest BCUT2D eigenvalue weighted by atomic mass is 32.2. The van der Waals surface area contributed by atoms with Crippen LogP contribution < -0.4 is 10.9 Å². The third-order valence-corrected chi connectivity index (χ3v) is 4.61. The molecule has 94 valence electrons. The summed E-state index contributed by atoms with van der Waals surface area (Å²) in [6.45, 7) is 4.62. The van der Waals surface area contributed by atoms with Gasteiger partial charge >= 0.3 is 0 Å². The van der Waals surface area contributed by atoms with Crippen molar-refractivity contribution in [2.24, 2.45) is 12.5 Å². The molecule has 1 unspecified atom stereocenters. The molecule has 2 heterocycles. The van der Waals surface area contributed by atoms with Crippen molar-refractivity contribution in [1.29, 1.82) is 0 Å². The van der Waals surface area contributed by atoms with Crippen molar-refractivity contribution >= 4 is 17.4 Å². The molecule has 1 aromatic rings. The first-order valence-corrected chi connectivity index (χ1v) is 7.15. The Kier molecular flexibility index (Phi) is 3.52. The fraction of sp³-hybridized carbons (Fsp3) is 0.615. The zero-order valence-corrected chi connectivity index (χ0v) is 11.5. The van der Waals surface area contributed by atoms with Crippen molar-refractivity contribution in [1.82, 2.24) is 4.57 Å². The van der Waals surface area contributed by atoms with Gasteiger partial charge in [-0.05, 0) is 23.7 Å². The van der Waals surface area contributed by atoms with Gasteiger partial charge in [-0.25, -0.2) is 0 Å². The van der Waals surface area contributed by atoms with Crippen LogP contribution in [0.15, 0.2) is 23.1 Å². The van der Waals surface area contributed by atoms with E-state index in [1.54, 1.807) is 17.7 Å². The van der Waals surface area contributed by atoms with Gasteiger partial charge in [0.2, 0.25) is 5.56 Å². The van der Waals surface area contributed by atoms with Crippen molar-refractivity contribution in [2.75, 3.05) is 16.8 Å². The molecule has 1 saturated heterocycles. The summed E-state index contributed by atoms with van der Waals surface area (Å²) in [5.41, 5.74) is 1.39. The van der Waals surface area contributed by atoms with E-state index < -0.39 is 0 Å². The maximum atomic E-state index is 11.3. The molecule has 3 nitrogen and oxygen atoms in total. The molecule has 17 heavy (non-hydrogen) atoms. The zero-order chi connectivity index (χ0) is 12.5. The summed E-state index contributed by atoms with van der Waals surface area (Å²) < 4.78 is 1.62. The van der Waals surface area contributed by atoms with Crippen LogP contribution in [0.1, 0.15) is 20.3 Å². The fourth-order valence-corrected chi connectivity index (χ4v) is 3.66. The number of hydrogen-bond donors (Lipinski definition) is 1. The smallest absolute Gasteiger partial charge is 0.250 e. The number of rotatable bonds is 2. The van der Waals surface area contributed by atoms with Crippen LogP contribution in [0.2, 0.25) is 0 Å². The second kappa shape index (κ2) is 4.77. The highest BCUT2D eigenvalue weighted by Crippen LogP contribution is 2.35. The van der Waals surface area contributed by atoms with E-state index in [1.807, 2.05) is 24.0 Å². The number of thioether (sulfide) groups is 1. The molecule has 1 N–H and O–H groups in total. The normalized spacial score (nSPS) is 23.4. The van der Waals surface area contributed by atoms with Gasteiger partial charge in [0.05, 0.1) is 5.69 Å². The van der Waals surface area contributed by atoms with Crippen LogP contribution in [0.25, 0.3) is 0 Å². The first-order valence-electron chi connectivity index (χ1n) is 6.00. The average Bonchev–Trinajstić information content (AvgIpc) is 2.26. The lowest BCUT2D eigenvalue weighted by atomic mass is 9.82. The largest absolute Gasteiger partial charge is 0.380 e. The summed E-state index contributed by atoms with van der Waals surface area (Å²) in [5.74, 6) is 2.38.